The molecule has 0 saturated heterocycles. The third-order valence-corrected chi connectivity index (χ3v) is 2.91. The van der Waals surface area contributed by atoms with E-state index >= 15 is 0 Å². The van der Waals surface area contributed by atoms with Crippen molar-refractivity contribution in [2.45, 2.75) is 13.5 Å². The van der Waals surface area contributed by atoms with Gasteiger partial charge in [-0.2, -0.15) is 0 Å². The molecule has 0 aliphatic rings. The molecule has 1 aromatic carbocycles. The molecule has 5 nitrogen and oxygen atoms in total. The van der Waals surface area contributed by atoms with E-state index in [0.29, 0.717) is 11.7 Å². The van der Waals surface area contributed by atoms with E-state index in [1.54, 1.807) is 12.4 Å². The first-order chi connectivity index (χ1) is 10.1. The highest BCUT2D eigenvalue weighted by molar-refractivity contribution is 7.80. The molecular formula is C15H16N4OS. The SMILES string of the molecule is CC(=O)Nc1ccc(NC(=S)NCc2ccncc2)cc1. The molecule has 0 saturated carbocycles. The number of nitrogens with one attached hydrogen (secondary N) is 3. The van der Waals surface area contributed by atoms with Crippen LogP contribution in [0.1, 0.15) is 12.5 Å². The molecular weight excluding hydrogens is 284 g/mol. The van der Waals surface area contributed by atoms with Crippen LogP contribution in [0.5, 0.6) is 0 Å². The Morgan fingerprint density at radius 3 is 2.19 bits per heavy atom. The minimum absolute atomic E-state index is 0.0924. The predicted octanol–water partition coefficient (Wildman–Crippen LogP) is 2.53. The lowest BCUT2D eigenvalue weighted by atomic mass is 10.2. The Balaban J connectivity index is 1.83. The highest BCUT2D eigenvalue weighted by Crippen LogP contribution is 2.13. The summed E-state index contributed by atoms with van der Waals surface area (Å²) in [4.78, 5) is 14.9. The number of carbonyl (C=O) groups is 1. The molecule has 0 bridgehead atoms. The van der Waals surface area contributed by atoms with Crippen molar-refractivity contribution in [3.05, 3.63) is 54.4 Å². The first kappa shape index (κ1) is 14.9. The molecule has 0 radical (unpaired) electrons. The van der Waals surface area contributed by atoms with Crippen molar-refractivity contribution in [2.75, 3.05) is 10.6 Å². The minimum Gasteiger partial charge on any atom is -0.358 e. The summed E-state index contributed by atoms with van der Waals surface area (Å²) in [7, 11) is 0. The van der Waals surface area contributed by atoms with Crippen molar-refractivity contribution >= 4 is 34.6 Å². The summed E-state index contributed by atoms with van der Waals surface area (Å²) in [6.45, 7) is 2.11. The molecule has 2 rings (SSSR count). The molecule has 3 N–H and O–H groups in total. The Morgan fingerprint density at radius 2 is 1.62 bits per heavy atom. The number of hydrogen-bond donors (Lipinski definition) is 3. The highest BCUT2D eigenvalue weighted by Gasteiger charge is 1.99. The average Bonchev–Trinajstić information content (AvgIpc) is 2.48. The number of aromatic nitrogens is 1. The lowest BCUT2D eigenvalue weighted by molar-refractivity contribution is -0.114. The molecule has 0 aliphatic carbocycles. The van der Waals surface area contributed by atoms with Crippen LogP contribution < -0.4 is 16.0 Å². The van der Waals surface area contributed by atoms with Gasteiger partial charge in [0.15, 0.2) is 5.11 Å². The molecule has 1 aromatic heterocycles. The van der Waals surface area contributed by atoms with E-state index in [2.05, 4.69) is 20.9 Å². The molecule has 0 unspecified atom stereocenters. The maximum absolute atomic E-state index is 10.9. The second-order valence-electron chi connectivity index (χ2n) is 4.42. The number of pyridine rings is 1. The fourth-order valence-electron chi connectivity index (χ4n) is 1.70. The Kier molecular flexibility index (Phi) is 5.22. The normalized spacial score (nSPS) is 9.76. The van der Waals surface area contributed by atoms with Gasteiger partial charge in [-0.15, -0.1) is 0 Å². The predicted molar refractivity (Wildman–Crippen MR) is 88.0 cm³/mol. The molecule has 2 aromatic rings. The van der Waals surface area contributed by atoms with Crippen LogP contribution in [-0.2, 0) is 11.3 Å². The lowest BCUT2D eigenvalue weighted by Gasteiger charge is -2.11. The molecule has 0 aliphatic heterocycles. The largest absolute Gasteiger partial charge is 0.358 e. The third-order valence-electron chi connectivity index (χ3n) is 2.67. The van der Waals surface area contributed by atoms with Crippen LogP contribution in [0.4, 0.5) is 11.4 Å². The van der Waals surface area contributed by atoms with E-state index in [4.69, 9.17) is 12.2 Å². The number of hydrogen-bond acceptors (Lipinski definition) is 3. The van der Waals surface area contributed by atoms with Crippen LogP contribution in [0.3, 0.4) is 0 Å². The van der Waals surface area contributed by atoms with Crippen molar-refractivity contribution in [2.24, 2.45) is 0 Å². The molecule has 108 valence electrons. The summed E-state index contributed by atoms with van der Waals surface area (Å²) in [6.07, 6.45) is 3.49. The number of thiocarbonyl (C=S) groups is 1. The van der Waals surface area contributed by atoms with Gasteiger partial charge in [-0.3, -0.25) is 9.78 Å². The fraction of sp³-hybridized carbons (Fsp3) is 0.133. The topological polar surface area (TPSA) is 66.1 Å². The summed E-state index contributed by atoms with van der Waals surface area (Å²) in [5.41, 5.74) is 2.72. The van der Waals surface area contributed by atoms with Crippen LogP contribution in [-0.4, -0.2) is 16.0 Å². The van der Waals surface area contributed by atoms with E-state index in [0.717, 1.165) is 16.9 Å². The van der Waals surface area contributed by atoms with Crippen molar-refractivity contribution in [3.63, 3.8) is 0 Å². The molecule has 6 heteroatoms. The lowest BCUT2D eigenvalue weighted by Crippen LogP contribution is -2.27. The maximum Gasteiger partial charge on any atom is 0.221 e. The van der Waals surface area contributed by atoms with Crippen molar-refractivity contribution in [3.8, 4) is 0 Å². The smallest absolute Gasteiger partial charge is 0.221 e. The highest BCUT2D eigenvalue weighted by atomic mass is 32.1. The van der Waals surface area contributed by atoms with Gasteiger partial charge >= 0.3 is 0 Å². The summed E-state index contributed by atoms with van der Waals surface area (Å²) >= 11 is 5.23. The van der Waals surface area contributed by atoms with E-state index in [1.165, 1.54) is 6.92 Å². The van der Waals surface area contributed by atoms with Gasteiger partial charge in [0, 0.05) is 37.2 Å². The number of nitrogens with zero attached hydrogens (tertiary/aromatic N) is 1. The van der Waals surface area contributed by atoms with Gasteiger partial charge in [0.05, 0.1) is 0 Å². The second-order valence-corrected chi connectivity index (χ2v) is 4.83. The Bertz CT molecular complexity index is 613. The first-order valence-corrected chi connectivity index (χ1v) is 6.86. The van der Waals surface area contributed by atoms with Crippen LogP contribution in [0.25, 0.3) is 0 Å². The maximum atomic E-state index is 10.9. The molecule has 1 amide bonds. The Hall–Kier alpha value is -2.47. The van der Waals surface area contributed by atoms with Crippen molar-refractivity contribution in [1.82, 2.24) is 10.3 Å². The molecule has 1 heterocycles. The van der Waals surface area contributed by atoms with Gasteiger partial charge < -0.3 is 16.0 Å². The van der Waals surface area contributed by atoms with Gasteiger partial charge in [0.2, 0.25) is 5.91 Å². The zero-order chi connectivity index (χ0) is 15.1. The van der Waals surface area contributed by atoms with E-state index < -0.39 is 0 Å². The Labute approximate surface area is 128 Å². The van der Waals surface area contributed by atoms with Gasteiger partial charge in [-0.05, 0) is 54.2 Å². The number of benzene rings is 1. The van der Waals surface area contributed by atoms with Crippen LogP contribution in [0, 0.1) is 0 Å². The van der Waals surface area contributed by atoms with E-state index in [9.17, 15) is 4.79 Å². The molecule has 21 heavy (non-hydrogen) atoms. The van der Waals surface area contributed by atoms with Crippen molar-refractivity contribution in [1.29, 1.82) is 0 Å². The zero-order valence-corrected chi connectivity index (χ0v) is 12.4. The van der Waals surface area contributed by atoms with Crippen LogP contribution in [0.15, 0.2) is 48.8 Å². The van der Waals surface area contributed by atoms with Crippen molar-refractivity contribution < 1.29 is 4.79 Å². The van der Waals surface area contributed by atoms with Gasteiger partial charge in [0.1, 0.15) is 0 Å². The summed E-state index contributed by atoms with van der Waals surface area (Å²) < 4.78 is 0. The molecule has 0 spiro atoms. The summed E-state index contributed by atoms with van der Waals surface area (Å²) in [5, 5.41) is 9.45. The second kappa shape index (κ2) is 7.35. The fourth-order valence-corrected chi connectivity index (χ4v) is 1.89. The summed E-state index contributed by atoms with van der Waals surface area (Å²) in [5.74, 6) is -0.0924. The standard InChI is InChI=1S/C15H16N4OS/c1-11(20)18-13-2-4-14(5-3-13)19-15(21)17-10-12-6-8-16-9-7-12/h2-9H,10H2,1H3,(H,18,20)(H2,17,19,21). The van der Waals surface area contributed by atoms with Crippen LogP contribution in [0.2, 0.25) is 0 Å². The van der Waals surface area contributed by atoms with E-state index in [-0.39, 0.29) is 5.91 Å². The number of anilines is 2. The minimum atomic E-state index is -0.0924. The van der Waals surface area contributed by atoms with Gasteiger partial charge in [0.25, 0.3) is 0 Å². The first-order valence-electron chi connectivity index (χ1n) is 6.45. The quantitative estimate of drug-likeness (QED) is 0.757. The monoisotopic (exact) mass is 300 g/mol. The number of carbonyl (C=O) groups excluding carboxylic acids is 1. The molecule has 0 atom stereocenters. The van der Waals surface area contributed by atoms with Gasteiger partial charge in [-0.1, -0.05) is 0 Å². The number of amides is 1. The molecule has 0 fully saturated rings. The third kappa shape index (κ3) is 5.19. The number of rotatable bonds is 4. The average molecular weight is 300 g/mol. The zero-order valence-electron chi connectivity index (χ0n) is 11.6. The van der Waals surface area contributed by atoms with Crippen LogP contribution >= 0.6 is 12.2 Å². The van der Waals surface area contributed by atoms with E-state index in [1.807, 2.05) is 36.4 Å². The van der Waals surface area contributed by atoms with Gasteiger partial charge in [-0.25, -0.2) is 0 Å². The Morgan fingerprint density at radius 1 is 1.05 bits per heavy atom. The summed E-state index contributed by atoms with van der Waals surface area (Å²) in [6, 6.07) is 11.2.